The Kier molecular flexibility index (Phi) is 6.80. The number of hydrogen-bond acceptors (Lipinski definition) is 5. The monoisotopic (exact) mass is 443 g/mol. The van der Waals surface area contributed by atoms with Gasteiger partial charge in [-0.2, -0.15) is 0 Å². The van der Waals surface area contributed by atoms with E-state index in [-0.39, 0.29) is 17.8 Å². The first-order valence-electron chi connectivity index (χ1n) is 11.0. The second kappa shape index (κ2) is 9.73. The summed E-state index contributed by atoms with van der Waals surface area (Å²) in [7, 11) is 0. The third-order valence-electron chi connectivity index (χ3n) is 6.01. The van der Waals surface area contributed by atoms with Crippen molar-refractivity contribution in [1.29, 1.82) is 0 Å². The summed E-state index contributed by atoms with van der Waals surface area (Å²) < 4.78 is 14.6. The molecule has 164 valence electrons. The highest BCUT2D eigenvalue weighted by Crippen LogP contribution is 2.32. The smallest absolute Gasteiger partial charge is 0.183 e. The number of nitrogens with zero attached hydrogens (tertiary/aromatic N) is 3. The molecular formula is C23H27ClFN5O. The Morgan fingerprint density at radius 3 is 2.97 bits per heavy atom. The lowest BCUT2D eigenvalue weighted by molar-refractivity contribution is -0.120. The Bertz CT molecular complexity index is 1070. The molecule has 6 nitrogen and oxygen atoms in total. The predicted molar refractivity (Wildman–Crippen MR) is 121 cm³/mol. The van der Waals surface area contributed by atoms with Crippen LogP contribution in [-0.4, -0.2) is 31.8 Å². The summed E-state index contributed by atoms with van der Waals surface area (Å²) in [5.41, 5.74) is 1.38. The number of hydrogen-bond donors (Lipinski definition) is 2. The minimum absolute atomic E-state index is 0.0238. The molecule has 3 aromatic heterocycles. The van der Waals surface area contributed by atoms with E-state index < -0.39 is 5.82 Å². The highest BCUT2D eigenvalue weighted by Gasteiger charge is 2.28. The van der Waals surface area contributed by atoms with Crippen molar-refractivity contribution in [3.05, 3.63) is 35.5 Å². The number of ketones is 1. The van der Waals surface area contributed by atoms with Gasteiger partial charge in [-0.15, -0.1) is 0 Å². The molecule has 0 spiro atoms. The molecule has 2 unspecified atom stereocenters. The maximum atomic E-state index is 14.6. The number of rotatable bonds is 8. The summed E-state index contributed by atoms with van der Waals surface area (Å²) in [6.45, 7) is 2.09. The molecule has 0 radical (unpaired) electrons. The number of carbonyl (C=O) groups is 1. The molecule has 2 atom stereocenters. The predicted octanol–water partition coefficient (Wildman–Crippen LogP) is 5.93. The average molecular weight is 444 g/mol. The van der Waals surface area contributed by atoms with Crippen molar-refractivity contribution in [2.75, 3.05) is 5.32 Å². The molecule has 2 N–H and O–H groups in total. The number of nitrogens with one attached hydrogen (secondary N) is 2. The quantitative estimate of drug-likeness (QED) is 0.450. The molecule has 1 aliphatic rings. The van der Waals surface area contributed by atoms with Gasteiger partial charge in [0.1, 0.15) is 11.4 Å². The van der Waals surface area contributed by atoms with Crippen LogP contribution in [0.2, 0.25) is 5.02 Å². The van der Waals surface area contributed by atoms with Crippen LogP contribution in [0.3, 0.4) is 0 Å². The molecule has 0 amide bonds. The van der Waals surface area contributed by atoms with Crippen molar-refractivity contribution >= 4 is 34.2 Å². The van der Waals surface area contributed by atoms with Crippen LogP contribution in [0.25, 0.3) is 22.4 Å². The van der Waals surface area contributed by atoms with E-state index in [1.54, 1.807) is 18.5 Å². The molecule has 1 aliphatic carbocycles. The summed E-state index contributed by atoms with van der Waals surface area (Å²) in [5.74, 6) is 0.568. The average Bonchev–Trinajstić information content (AvgIpc) is 3.18. The van der Waals surface area contributed by atoms with E-state index in [9.17, 15) is 9.18 Å². The summed E-state index contributed by atoms with van der Waals surface area (Å²) in [4.78, 5) is 28.3. The molecule has 31 heavy (non-hydrogen) atoms. The lowest BCUT2D eigenvalue weighted by atomic mass is 9.81. The second-order valence-electron chi connectivity index (χ2n) is 8.28. The van der Waals surface area contributed by atoms with Crippen LogP contribution >= 0.6 is 11.6 Å². The molecule has 3 aromatic rings. The Balaban J connectivity index is 1.56. The molecule has 3 heterocycles. The first kappa shape index (κ1) is 21.7. The van der Waals surface area contributed by atoms with E-state index in [0.29, 0.717) is 40.7 Å². The van der Waals surface area contributed by atoms with Gasteiger partial charge in [0.25, 0.3) is 0 Å². The minimum atomic E-state index is -0.499. The number of halogens is 2. The van der Waals surface area contributed by atoms with Crippen LogP contribution in [0.15, 0.2) is 24.7 Å². The van der Waals surface area contributed by atoms with Gasteiger partial charge in [0.2, 0.25) is 0 Å². The summed E-state index contributed by atoms with van der Waals surface area (Å²) in [6, 6.07) is 1.81. The number of pyridine rings is 1. The third kappa shape index (κ3) is 5.03. The molecular weight excluding hydrogens is 417 g/mol. The Labute approximate surface area is 186 Å². The van der Waals surface area contributed by atoms with Gasteiger partial charge in [-0.05, 0) is 31.2 Å². The molecule has 0 bridgehead atoms. The van der Waals surface area contributed by atoms with Gasteiger partial charge in [-0.1, -0.05) is 37.8 Å². The number of H-pyrrole nitrogens is 1. The lowest BCUT2D eigenvalue weighted by Crippen LogP contribution is -2.34. The van der Waals surface area contributed by atoms with Crippen molar-refractivity contribution in [2.24, 2.45) is 5.92 Å². The molecule has 1 fully saturated rings. The number of fused-ring (bicyclic) bond motifs is 1. The van der Waals surface area contributed by atoms with E-state index in [1.165, 1.54) is 6.20 Å². The number of unbranched alkanes of at least 4 members (excludes halogenated alkanes) is 1. The largest absolute Gasteiger partial charge is 0.364 e. The third-order valence-corrected chi connectivity index (χ3v) is 6.22. The zero-order valence-corrected chi connectivity index (χ0v) is 18.4. The van der Waals surface area contributed by atoms with Crippen LogP contribution in [0, 0.1) is 11.7 Å². The van der Waals surface area contributed by atoms with Crippen LogP contribution in [-0.2, 0) is 4.79 Å². The van der Waals surface area contributed by atoms with Crippen molar-refractivity contribution in [3.63, 3.8) is 0 Å². The fourth-order valence-electron chi connectivity index (χ4n) is 4.35. The standard InChI is InChI=1S/C23H27ClFN5O/c1-2-3-7-16(31)9-14-6-4-5-8-20(14)29-23-19(25)13-28-22(30-23)18-12-27-21-17(18)10-15(24)11-26-21/h10-14,20H,2-9H2,1H3,(H,26,27)(H,28,29,30). The number of aromatic amines is 1. The summed E-state index contributed by atoms with van der Waals surface area (Å²) in [5, 5.41) is 4.58. The molecule has 0 aliphatic heterocycles. The van der Waals surface area contributed by atoms with Gasteiger partial charge >= 0.3 is 0 Å². The first-order chi connectivity index (χ1) is 15.0. The normalized spacial score (nSPS) is 18.9. The van der Waals surface area contributed by atoms with Crippen molar-refractivity contribution in [3.8, 4) is 11.4 Å². The zero-order valence-electron chi connectivity index (χ0n) is 17.6. The number of Topliss-reactive ketones (excluding diaryl/α,β-unsaturated/α-hetero) is 1. The van der Waals surface area contributed by atoms with Gasteiger partial charge in [0, 0.05) is 42.2 Å². The summed E-state index contributed by atoms with van der Waals surface area (Å²) in [6.07, 6.45) is 11.7. The van der Waals surface area contributed by atoms with Gasteiger partial charge < -0.3 is 10.3 Å². The highest BCUT2D eigenvalue weighted by molar-refractivity contribution is 6.31. The number of carbonyl (C=O) groups excluding carboxylic acids is 1. The maximum absolute atomic E-state index is 14.6. The van der Waals surface area contributed by atoms with Gasteiger partial charge in [-0.25, -0.2) is 19.3 Å². The topological polar surface area (TPSA) is 83.6 Å². The van der Waals surface area contributed by atoms with Crippen molar-refractivity contribution in [1.82, 2.24) is 19.9 Å². The van der Waals surface area contributed by atoms with E-state index in [4.69, 9.17) is 11.6 Å². The highest BCUT2D eigenvalue weighted by atomic mass is 35.5. The fraction of sp³-hybridized carbons (Fsp3) is 0.478. The van der Waals surface area contributed by atoms with Gasteiger partial charge in [0.15, 0.2) is 17.5 Å². The van der Waals surface area contributed by atoms with Crippen LogP contribution in [0.4, 0.5) is 10.2 Å². The van der Waals surface area contributed by atoms with E-state index in [0.717, 1.165) is 43.9 Å². The van der Waals surface area contributed by atoms with Gasteiger partial charge in [0.05, 0.1) is 11.2 Å². The van der Waals surface area contributed by atoms with E-state index in [2.05, 4.69) is 32.2 Å². The van der Waals surface area contributed by atoms with Crippen LogP contribution in [0.5, 0.6) is 0 Å². The summed E-state index contributed by atoms with van der Waals surface area (Å²) >= 11 is 6.09. The minimum Gasteiger partial charge on any atom is -0.364 e. The number of aromatic nitrogens is 4. The maximum Gasteiger partial charge on any atom is 0.183 e. The van der Waals surface area contributed by atoms with Crippen LogP contribution in [0.1, 0.15) is 58.3 Å². The second-order valence-corrected chi connectivity index (χ2v) is 8.72. The zero-order chi connectivity index (χ0) is 21.8. The number of anilines is 1. The fourth-order valence-corrected chi connectivity index (χ4v) is 4.50. The van der Waals surface area contributed by atoms with Crippen molar-refractivity contribution in [2.45, 2.75) is 64.3 Å². The van der Waals surface area contributed by atoms with Crippen LogP contribution < -0.4 is 5.32 Å². The first-order valence-corrected chi connectivity index (χ1v) is 11.4. The Morgan fingerprint density at radius 2 is 2.13 bits per heavy atom. The Morgan fingerprint density at radius 1 is 1.29 bits per heavy atom. The molecule has 0 aromatic carbocycles. The SMILES string of the molecule is CCCCC(=O)CC1CCCCC1Nc1nc(-c2c[nH]c3ncc(Cl)cc23)ncc1F. The van der Waals surface area contributed by atoms with Crippen molar-refractivity contribution < 1.29 is 9.18 Å². The Hall–Kier alpha value is -2.54. The molecule has 8 heteroatoms. The van der Waals surface area contributed by atoms with Gasteiger partial charge in [-0.3, -0.25) is 4.79 Å². The van der Waals surface area contributed by atoms with E-state index in [1.807, 2.05) is 0 Å². The molecule has 4 rings (SSSR count). The molecule has 1 saturated carbocycles. The molecule has 0 saturated heterocycles. The lowest BCUT2D eigenvalue weighted by Gasteiger charge is -2.32. The van der Waals surface area contributed by atoms with E-state index >= 15 is 0 Å².